The minimum absolute atomic E-state index is 0.0610. The molecule has 3 aromatic heterocycles. The molecule has 3 rings (SSSR count). The van der Waals surface area contributed by atoms with Crippen LogP contribution in [0.1, 0.15) is 47.5 Å². The fourth-order valence-corrected chi connectivity index (χ4v) is 3.09. The monoisotopic (exact) mass is 373 g/mol. The molecule has 0 aliphatic carbocycles. The Labute approximate surface area is 153 Å². The molecule has 3 aromatic rings. The van der Waals surface area contributed by atoms with E-state index in [1.807, 2.05) is 13.8 Å². The second kappa shape index (κ2) is 7.56. The first-order valence-corrected chi connectivity index (χ1v) is 9.08. The Kier molecular flexibility index (Phi) is 5.21. The smallest absolute Gasteiger partial charge is 0.264 e. The van der Waals surface area contributed by atoms with E-state index in [1.165, 1.54) is 23.9 Å². The summed E-state index contributed by atoms with van der Waals surface area (Å²) in [7, 11) is 0. The maximum atomic E-state index is 12.5. The van der Waals surface area contributed by atoms with E-state index in [1.54, 1.807) is 17.0 Å². The van der Waals surface area contributed by atoms with Crippen LogP contribution in [-0.4, -0.2) is 35.6 Å². The van der Waals surface area contributed by atoms with Crippen molar-refractivity contribution in [1.29, 1.82) is 0 Å². The van der Waals surface area contributed by atoms with E-state index in [9.17, 15) is 9.59 Å². The highest BCUT2D eigenvalue weighted by molar-refractivity contribution is 7.09. The van der Waals surface area contributed by atoms with E-state index in [4.69, 9.17) is 0 Å². The van der Waals surface area contributed by atoms with Gasteiger partial charge in [-0.1, -0.05) is 6.92 Å². The zero-order valence-corrected chi connectivity index (χ0v) is 15.5. The van der Waals surface area contributed by atoms with Crippen molar-refractivity contribution in [3.05, 3.63) is 44.7 Å². The predicted molar refractivity (Wildman–Crippen MR) is 96.9 cm³/mol. The molecule has 0 bridgehead atoms. The van der Waals surface area contributed by atoms with Gasteiger partial charge in [-0.25, -0.2) is 19.6 Å². The lowest BCUT2D eigenvalue weighted by Crippen LogP contribution is -2.33. The highest BCUT2D eigenvalue weighted by Gasteiger charge is 2.19. The average Bonchev–Trinajstić information content (AvgIpc) is 3.24. The molecule has 0 saturated carbocycles. The van der Waals surface area contributed by atoms with Crippen molar-refractivity contribution in [2.75, 3.05) is 0 Å². The first kappa shape index (κ1) is 17.9. The predicted octanol–water partition coefficient (Wildman–Crippen LogP) is 1.69. The van der Waals surface area contributed by atoms with E-state index in [0.29, 0.717) is 23.9 Å². The number of carbonyl (C=O) groups excluding carboxylic acids is 1. The number of hydrogen-bond donors (Lipinski definition) is 2. The maximum absolute atomic E-state index is 12.5. The molecule has 0 radical (unpaired) electrons. The molecule has 1 atom stereocenters. The Morgan fingerprint density at radius 3 is 2.88 bits per heavy atom. The second-order valence-electron chi connectivity index (χ2n) is 5.76. The molecule has 26 heavy (non-hydrogen) atoms. The SMILES string of the molecule is CCCn1ncnc1[C@@H](C)NC(=O)c1cnc(-c2csc(C)n2)[nH]c1=O. The van der Waals surface area contributed by atoms with Gasteiger partial charge in [-0.05, 0) is 20.3 Å². The van der Waals surface area contributed by atoms with Crippen molar-refractivity contribution >= 4 is 17.2 Å². The number of hydrogen-bond acceptors (Lipinski definition) is 7. The third-order valence-corrected chi connectivity index (χ3v) is 4.49. The minimum atomic E-state index is -0.515. The first-order valence-electron chi connectivity index (χ1n) is 8.20. The molecule has 0 aliphatic heterocycles. The summed E-state index contributed by atoms with van der Waals surface area (Å²) >= 11 is 1.46. The van der Waals surface area contributed by atoms with E-state index >= 15 is 0 Å². The van der Waals surface area contributed by atoms with Gasteiger partial charge in [0.2, 0.25) is 0 Å². The third kappa shape index (κ3) is 3.69. The van der Waals surface area contributed by atoms with Crippen molar-refractivity contribution in [2.45, 2.75) is 39.8 Å². The Morgan fingerprint density at radius 1 is 1.42 bits per heavy atom. The molecular weight excluding hydrogens is 354 g/mol. The highest BCUT2D eigenvalue weighted by Crippen LogP contribution is 2.16. The average molecular weight is 373 g/mol. The quantitative estimate of drug-likeness (QED) is 0.679. The van der Waals surface area contributed by atoms with Crippen LogP contribution < -0.4 is 10.9 Å². The summed E-state index contributed by atoms with van der Waals surface area (Å²) < 4.78 is 1.74. The third-order valence-electron chi connectivity index (χ3n) is 3.72. The number of aryl methyl sites for hydroxylation is 2. The summed E-state index contributed by atoms with van der Waals surface area (Å²) in [5, 5.41) is 9.58. The van der Waals surface area contributed by atoms with E-state index in [2.05, 4.69) is 30.4 Å². The van der Waals surface area contributed by atoms with Crippen LogP contribution in [0.15, 0.2) is 22.7 Å². The molecule has 0 unspecified atom stereocenters. The van der Waals surface area contributed by atoms with Gasteiger partial charge in [0.25, 0.3) is 11.5 Å². The molecule has 2 N–H and O–H groups in total. The number of amides is 1. The number of carbonyl (C=O) groups is 1. The van der Waals surface area contributed by atoms with E-state index in [0.717, 1.165) is 11.4 Å². The summed E-state index contributed by atoms with van der Waals surface area (Å²) in [6, 6.07) is -0.392. The molecule has 10 heteroatoms. The highest BCUT2D eigenvalue weighted by atomic mass is 32.1. The summed E-state index contributed by atoms with van der Waals surface area (Å²) in [5.74, 6) is 0.462. The summed E-state index contributed by atoms with van der Waals surface area (Å²) in [4.78, 5) is 40.0. The van der Waals surface area contributed by atoms with Crippen LogP contribution >= 0.6 is 11.3 Å². The lowest BCUT2D eigenvalue weighted by atomic mass is 10.2. The Hall–Kier alpha value is -2.88. The van der Waals surface area contributed by atoms with Crippen LogP contribution in [0.3, 0.4) is 0 Å². The van der Waals surface area contributed by atoms with Gasteiger partial charge in [0.15, 0.2) is 5.82 Å². The lowest BCUT2D eigenvalue weighted by molar-refractivity contribution is 0.0935. The van der Waals surface area contributed by atoms with Gasteiger partial charge in [-0.2, -0.15) is 5.10 Å². The lowest BCUT2D eigenvalue weighted by Gasteiger charge is -2.14. The largest absolute Gasteiger partial charge is 0.342 e. The topological polar surface area (TPSA) is 118 Å². The van der Waals surface area contributed by atoms with Crippen molar-refractivity contribution in [3.63, 3.8) is 0 Å². The van der Waals surface area contributed by atoms with E-state index < -0.39 is 17.5 Å². The van der Waals surface area contributed by atoms with Crippen LogP contribution in [0.5, 0.6) is 0 Å². The molecule has 1 amide bonds. The number of rotatable bonds is 6. The van der Waals surface area contributed by atoms with Gasteiger partial charge >= 0.3 is 0 Å². The van der Waals surface area contributed by atoms with Gasteiger partial charge < -0.3 is 10.3 Å². The molecular formula is C16H19N7O2S. The van der Waals surface area contributed by atoms with Crippen LogP contribution in [0.2, 0.25) is 0 Å². The normalized spacial score (nSPS) is 12.1. The fourth-order valence-electron chi connectivity index (χ4n) is 2.49. The first-order chi connectivity index (χ1) is 12.5. The van der Waals surface area contributed by atoms with Crippen molar-refractivity contribution in [2.24, 2.45) is 0 Å². The molecule has 3 heterocycles. The molecule has 0 spiro atoms. The number of aromatic amines is 1. The Bertz CT molecular complexity index is 975. The Morgan fingerprint density at radius 2 is 2.23 bits per heavy atom. The van der Waals surface area contributed by atoms with Crippen molar-refractivity contribution in [1.82, 2.24) is 35.0 Å². The molecule has 136 valence electrons. The molecule has 0 aromatic carbocycles. The zero-order chi connectivity index (χ0) is 18.7. The number of nitrogens with zero attached hydrogens (tertiary/aromatic N) is 5. The second-order valence-corrected chi connectivity index (χ2v) is 6.83. The number of nitrogens with one attached hydrogen (secondary N) is 2. The maximum Gasteiger partial charge on any atom is 0.264 e. The molecule has 0 aliphatic rings. The fraction of sp³-hybridized carbons (Fsp3) is 0.375. The number of aromatic nitrogens is 6. The summed E-state index contributed by atoms with van der Waals surface area (Å²) in [6.07, 6.45) is 3.62. The van der Waals surface area contributed by atoms with Gasteiger partial charge in [0.05, 0.1) is 11.0 Å². The van der Waals surface area contributed by atoms with Crippen molar-refractivity contribution in [3.8, 4) is 11.5 Å². The van der Waals surface area contributed by atoms with Gasteiger partial charge in [-0.3, -0.25) is 9.59 Å². The van der Waals surface area contributed by atoms with Gasteiger partial charge in [0, 0.05) is 18.1 Å². The minimum Gasteiger partial charge on any atom is -0.342 e. The van der Waals surface area contributed by atoms with Gasteiger partial charge in [-0.15, -0.1) is 11.3 Å². The van der Waals surface area contributed by atoms with Crippen LogP contribution in [0, 0.1) is 6.92 Å². The number of thiazole rings is 1. The molecule has 0 saturated heterocycles. The standard InChI is InChI=1S/C16H19N7O2S/c1-4-5-23-14(18-8-19-23)9(2)20-15(24)11-6-17-13(22-16(11)25)12-7-26-10(3)21-12/h6-9H,4-5H2,1-3H3,(H,20,24)(H,17,22,25)/t9-/m1/s1. The molecule has 0 fully saturated rings. The van der Waals surface area contributed by atoms with Crippen molar-refractivity contribution < 1.29 is 4.79 Å². The summed E-state index contributed by atoms with van der Waals surface area (Å²) in [5.41, 5.74) is 0.00656. The molecule has 9 nitrogen and oxygen atoms in total. The van der Waals surface area contributed by atoms with Crippen LogP contribution in [0.25, 0.3) is 11.5 Å². The summed E-state index contributed by atoms with van der Waals surface area (Å²) in [6.45, 7) is 6.40. The van der Waals surface area contributed by atoms with Gasteiger partial charge in [0.1, 0.15) is 23.4 Å². The van der Waals surface area contributed by atoms with Crippen LogP contribution in [0.4, 0.5) is 0 Å². The van der Waals surface area contributed by atoms with E-state index in [-0.39, 0.29) is 5.56 Å². The zero-order valence-electron chi connectivity index (χ0n) is 14.7. The van der Waals surface area contributed by atoms with Crippen LogP contribution in [-0.2, 0) is 6.54 Å². The number of H-pyrrole nitrogens is 1. The Balaban J connectivity index is 1.77.